The van der Waals surface area contributed by atoms with Gasteiger partial charge >= 0.3 is 0 Å². The minimum Gasteiger partial charge on any atom is -0.367 e. The van der Waals surface area contributed by atoms with Crippen LogP contribution in [0.25, 0.3) is 0 Å². The zero-order valence-corrected chi connectivity index (χ0v) is 8.87. The van der Waals surface area contributed by atoms with Gasteiger partial charge in [-0.3, -0.25) is 4.79 Å². The van der Waals surface area contributed by atoms with E-state index < -0.39 is 0 Å². The molecule has 0 saturated heterocycles. The first-order chi connectivity index (χ1) is 6.63. The second-order valence-corrected chi connectivity index (χ2v) is 3.61. The van der Waals surface area contributed by atoms with Crippen LogP contribution in [0, 0.1) is 5.92 Å². The summed E-state index contributed by atoms with van der Waals surface area (Å²) in [5, 5.41) is 3.20. The highest BCUT2D eigenvalue weighted by atomic mass is 16.1. The molecule has 0 amide bonds. The van der Waals surface area contributed by atoms with Crippen LogP contribution >= 0.6 is 0 Å². The van der Waals surface area contributed by atoms with Crippen LogP contribution in [-0.2, 0) is 0 Å². The fourth-order valence-corrected chi connectivity index (χ4v) is 1.18. The molecule has 0 aliphatic rings. The van der Waals surface area contributed by atoms with Crippen LogP contribution in [0.5, 0.6) is 0 Å². The number of nitrogens with zero attached hydrogens (tertiary/aromatic N) is 1. The van der Waals surface area contributed by atoms with Crippen molar-refractivity contribution in [3.05, 3.63) is 22.7 Å². The van der Waals surface area contributed by atoms with Crippen molar-refractivity contribution >= 4 is 5.82 Å². The Bertz CT molecular complexity index is 334. The predicted octanol–water partition coefficient (Wildman–Crippen LogP) is 1.62. The first-order valence-corrected chi connectivity index (χ1v) is 4.94. The fraction of sp³-hybridized carbons (Fsp3) is 0.600. The maximum atomic E-state index is 11.0. The highest BCUT2D eigenvalue weighted by Gasteiger charge is 2.09. The summed E-state index contributed by atoms with van der Waals surface area (Å²) in [7, 11) is 0. The third kappa shape index (κ3) is 2.87. The van der Waals surface area contributed by atoms with Crippen molar-refractivity contribution in [2.45, 2.75) is 33.2 Å². The van der Waals surface area contributed by atoms with Crippen molar-refractivity contribution in [3.8, 4) is 0 Å². The van der Waals surface area contributed by atoms with Crippen LogP contribution in [0.2, 0.25) is 0 Å². The Morgan fingerprint density at radius 2 is 2.29 bits per heavy atom. The molecule has 0 bridgehead atoms. The van der Waals surface area contributed by atoms with Gasteiger partial charge in [0.25, 0.3) is 5.56 Å². The first kappa shape index (κ1) is 10.8. The van der Waals surface area contributed by atoms with Crippen molar-refractivity contribution < 1.29 is 0 Å². The minimum atomic E-state index is -0.126. The number of hydrogen-bond acceptors (Lipinski definition) is 3. The van der Waals surface area contributed by atoms with Gasteiger partial charge < -0.3 is 10.3 Å². The molecule has 0 radical (unpaired) electrons. The molecular formula is C10H17N3O. The van der Waals surface area contributed by atoms with Gasteiger partial charge in [-0.1, -0.05) is 20.3 Å². The van der Waals surface area contributed by atoms with Crippen LogP contribution < -0.4 is 10.9 Å². The maximum Gasteiger partial charge on any atom is 0.252 e. The first-order valence-electron chi connectivity index (χ1n) is 4.94. The van der Waals surface area contributed by atoms with Crippen LogP contribution in [0.1, 0.15) is 27.2 Å². The fourth-order valence-electron chi connectivity index (χ4n) is 1.18. The SMILES string of the molecule is CCC(C)C(C)Nc1cc(=O)[nH]cn1. The van der Waals surface area contributed by atoms with Gasteiger partial charge in [-0.25, -0.2) is 4.98 Å². The maximum absolute atomic E-state index is 11.0. The molecular weight excluding hydrogens is 178 g/mol. The lowest BCUT2D eigenvalue weighted by Crippen LogP contribution is -2.24. The van der Waals surface area contributed by atoms with Crippen LogP contribution in [0.4, 0.5) is 5.82 Å². The van der Waals surface area contributed by atoms with E-state index in [1.54, 1.807) is 0 Å². The molecule has 2 N–H and O–H groups in total. The molecule has 1 aromatic heterocycles. The third-order valence-corrected chi connectivity index (χ3v) is 2.55. The number of nitrogens with one attached hydrogen (secondary N) is 2. The lowest BCUT2D eigenvalue weighted by atomic mass is 10.0. The van der Waals surface area contributed by atoms with Gasteiger partial charge in [-0.15, -0.1) is 0 Å². The van der Waals surface area contributed by atoms with Gasteiger partial charge in [0.15, 0.2) is 0 Å². The number of rotatable bonds is 4. The lowest BCUT2D eigenvalue weighted by Gasteiger charge is -2.19. The van der Waals surface area contributed by atoms with E-state index in [1.807, 2.05) is 0 Å². The van der Waals surface area contributed by atoms with Gasteiger partial charge in [-0.05, 0) is 12.8 Å². The summed E-state index contributed by atoms with van der Waals surface area (Å²) in [4.78, 5) is 17.5. The highest BCUT2D eigenvalue weighted by molar-refractivity contribution is 5.32. The average molecular weight is 195 g/mol. The minimum absolute atomic E-state index is 0.126. The second kappa shape index (κ2) is 4.79. The molecule has 2 unspecified atom stereocenters. The Morgan fingerprint density at radius 1 is 1.57 bits per heavy atom. The van der Waals surface area contributed by atoms with Crippen molar-refractivity contribution in [1.82, 2.24) is 9.97 Å². The smallest absolute Gasteiger partial charge is 0.252 e. The normalized spacial score (nSPS) is 14.8. The van der Waals surface area contributed by atoms with E-state index >= 15 is 0 Å². The molecule has 0 aromatic carbocycles. The number of aromatic nitrogens is 2. The van der Waals surface area contributed by atoms with Gasteiger partial charge in [0.2, 0.25) is 0 Å². The molecule has 4 nitrogen and oxygen atoms in total. The molecule has 0 aliphatic heterocycles. The monoisotopic (exact) mass is 195 g/mol. The van der Waals surface area contributed by atoms with Crippen LogP contribution in [0.3, 0.4) is 0 Å². The quantitative estimate of drug-likeness (QED) is 0.767. The van der Waals surface area contributed by atoms with Crippen molar-refractivity contribution in [3.63, 3.8) is 0 Å². The average Bonchev–Trinajstić information content (AvgIpc) is 2.16. The number of hydrogen-bond donors (Lipinski definition) is 2. The zero-order chi connectivity index (χ0) is 10.6. The Morgan fingerprint density at radius 3 is 2.86 bits per heavy atom. The molecule has 0 spiro atoms. The van der Waals surface area contributed by atoms with Crippen molar-refractivity contribution in [2.75, 3.05) is 5.32 Å². The molecule has 14 heavy (non-hydrogen) atoms. The largest absolute Gasteiger partial charge is 0.367 e. The number of anilines is 1. The van der Waals surface area contributed by atoms with Crippen LogP contribution in [-0.4, -0.2) is 16.0 Å². The summed E-state index contributed by atoms with van der Waals surface area (Å²) >= 11 is 0. The predicted molar refractivity (Wildman–Crippen MR) is 57.4 cm³/mol. The second-order valence-electron chi connectivity index (χ2n) is 3.61. The van der Waals surface area contributed by atoms with E-state index in [0.29, 0.717) is 17.8 Å². The topological polar surface area (TPSA) is 57.8 Å². The number of H-pyrrole nitrogens is 1. The Balaban J connectivity index is 2.64. The Labute approximate surface area is 83.8 Å². The summed E-state index contributed by atoms with van der Waals surface area (Å²) in [6, 6.07) is 1.80. The van der Waals surface area contributed by atoms with Crippen LogP contribution in [0.15, 0.2) is 17.2 Å². The van der Waals surface area contributed by atoms with E-state index in [0.717, 1.165) is 6.42 Å². The molecule has 0 aliphatic carbocycles. The molecule has 1 aromatic rings. The van der Waals surface area contributed by atoms with E-state index in [9.17, 15) is 4.79 Å². The van der Waals surface area contributed by atoms with Gasteiger partial charge in [0.05, 0.1) is 6.33 Å². The Kier molecular flexibility index (Phi) is 3.68. The van der Waals surface area contributed by atoms with Crippen molar-refractivity contribution in [1.29, 1.82) is 0 Å². The van der Waals surface area contributed by atoms with Gasteiger partial charge in [0.1, 0.15) is 5.82 Å². The third-order valence-electron chi connectivity index (χ3n) is 2.55. The van der Waals surface area contributed by atoms with E-state index in [1.165, 1.54) is 12.4 Å². The van der Waals surface area contributed by atoms with Gasteiger partial charge in [0, 0.05) is 12.1 Å². The summed E-state index contributed by atoms with van der Waals surface area (Å²) in [5.41, 5.74) is -0.126. The summed E-state index contributed by atoms with van der Waals surface area (Å²) in [6.07, 6.45) is 2.52. The molecule has 0 fully saturated rings. The highest BCUT2D eigenvalue weighted by Crippen LogP contribution is 2.11. The standard InChI is InChI=1S/C10H17N3O/c1-4-7(2)8(3)13-9-5-10(14)12-6-11-9/h5-8H,4H2,1-3H3,(H2,11,12,13,14). The van der Waals surface area contributed by atoms with Crippen molar-refractivity contribution in [2.24, 2.45) is 5.92 Å². The summed E-state index contributed by atoms with van der Waals surface area (Å²) in [6.45, 7) is 6.41. The Hall–Kier alpha value is -1.32. The molecule has 0 saturated carbocycles. The van der Waals surface area contributed by atoms with E-state index in [2.05, 4.69) is 36.1 Å². The summed E-state index contributed by atoms with van der Waals surface area (Å²) < 4.78 is 0. The molecule has 78 valence electrons. The molecule has 2 atom stereocenters. The zero-order valence-electron chi connectivity index (χ0n) is 8.87. The van der Waals surface area contributed by atoms with E-state index in [4.69, 9.17) is 0 Å². The van der Waals surface area contributed by atoms with E-state index in [-0.39, 0.29) is 5.56 Å². The molecule has 1 heterocycles. The molecule has 4 heteroatoms. The number of aromatic amines is 1. The lowest BCUT2D eigenvalue weighted by molar-refractivity contribution is 0.493. The summed E-state index contributed by atoms with van der Waals surface area (Å²) in [5.74, 6) is 1.21. The van der Waals surface area contributed by atoms with Gasteiger partial charge in [-0.2, -0.15) is 0 Å². The molecule has 1 rings (SSSR count).